The zero-order valence-corrected chi connectivity index (χ0v) is 20.6. The fourth-order valence-corrected chi connectivity index (χ4v) is 3.31. The topological polar surface area (TPSA) is 133 Å². The molecule has 0 bridgehead atoms. The van der Waals surface area contributed by atoms with Crippen LogP contribution in [0.5, 0.6) is 0 Å². The van der Waals surface area contributed by atoms with Gasteiger partial charge in [-0.25, -0.2) is 0 Å². The number of ketones is 1. The van der Waals surface area contributed by atoms with E-state index in [1.165, 1.54) is 19.4 Å². The van der Waals surface area contributed by atoms with E-state index < -0.39 is 29.8 Å². The van der Waals surface area contributed by atoms with E-state index in [1.54, 1.807) is 13.8 Å². The maximum absolute atomic E-state index is 12.5. The number of nitrogens with one attached hydrogen (secondary N) is 4. The fourth-order valence-electron chi connectivity index (χ4n) is 3.31. The van der Waals surface area contributed by atoms with Gasteiger partial charge in [0.05, 0.1) is 13.1 Å². The summed E-state index contributed by atoms with van der Waals surface area (Å²) in [5.41, 5.74) is 1.28. The van der Waals surface area contributed by atoms with Crippen molar-refractivity contribution in [3.63, 3.8) is 0 Å². The number of rotatable bonds is 15. The van der Waals surface area contributed by atoms with Crippen LogP contribution in [0.2, 0.25) is 0 Å². The van der Waals surface area contributed by atoms with Crippen LogP contribution in [0, 0.1) is 5.92 Å². The largest absolute Gasteiger partial charge is 0.347 e. The van der Waals surface area contributed by atoms with E-state index in [1.807, 2.05) is 18.2 Å². The number of carbonyl (C=O) groups is 5. The second-order valence-corrected chi connectivity index (χ2v) is 8.73. The Labute approximate surface area is 201 Å². The first-order chi connectivity index (χ1) is 16.1. The molecule has 0 aromatic heterocycles. The van der Waals surface area contributed by atoms with Gasteiger partial charge in [0.1, 0.15) is 12.1 Å². The molecular formula is C25H38N4O5. The Balaban J connectivity index is 2.32. The Morgan fingerprint density at radius 1 is 0.794 bits per heavy atom. The summed E-state index contributed by atoms with van der Waals surface area (Å²) in [7, 11) is 0. The smallest absolute Gasteiger partial charge is 0.243 e. The van der Waals surface area contributed by atoms with Crippen molar-refractivity contribution >= 4 is 29.4 Å². The van der Waals surface area contributed by atoms with Crippen LogP contribution in [-0.4, -0.2) is 54.6 Å². The molecule has 2 atom stereocenters. The Bertz CT molecular complexity index is 826. The van der Waals surface area contributed by atoms with Gasteiger partial charge in [-0.15, -0.1) is 0 Å². The Hall–Kier alpha value is -3.23. The Morgan fingerprint density at radius 2 is 1.44 bits per heavy atom. The molecule has 0 aliphatic heterocycles. The number of amides is 4. The second kappa shape index (κ2) is 15.6. The predicted molar refractivity (Wildman–Crippen MR) is 130 cm³/mol. The standard InChI is InChI=1S/C25H38N4O5/c1-17(2)23(29-22(32)16-27-24(33)18(3)28-19(4)30)25(34)26-15-21(31)14-10-6-9-13-20-11-7-5-8-12-20/h5,7-8,11-12,17-18,23H,6,9-10,13-16H2,1-4H3,(H,26,34)(H,27,33)(H,28,30)(H,29,32)/t18-,23?/m0/s1. The molecule has 0 aliphatic carbocycles. The molecule has 1 aromatic rings. The Morgan fingerprint density at radius 3 is 2.06 bits per heavy atom. The van der Waals surface area contributed by atoms with Gasteiger partial charge in [-0.2, -0.15) is 0 Å². The van der Waals surface area contributed by atoms with E-state index >= 15 is 0 Å². The highest BCUT2D eigenvalue weighted by molar-refractivity contribution is 5.93. The summed E-state index contributed by atoms with van der Waals surface area (Å²) in [6.45, 7) is 5.92. The van der Waals surface area contributed by atoms with Crippen molar-refractivity contribution in [1.82, 2.24) is 21.3 Å². The predicted octanol–water partition coefficient (Wildman–Crippen LogP) is 1.26. The van der Waals surface area contributed by atoms with Crippen LogP contribution in [0.25, 0.3) is 0 Å². The zero-order valence-electron chi connectivity index (χ0n) is 20.6. The number of benzene rings is 1. The summed E-state index contributed by atoms with van der Waals surface area (Å²) in [6, 6.07) is 8.57. The molecule has 34 heavy (non-hydrogen) atoms. The molecule has 4 amide bonds. The molecule has 0 saturated carbocycles. The molecule has 0 saturated heterocycles. The molecule has 0 fully saturated rings. The van der Waals surface area contributed by atoms with Crippen LogP contribution < -0.4 is 21.3 Å². The second-order valence-electron chi connectivity index (χ2n) is 8.73. The van der Waals surface area contributed by atoms with Crippen molar-refractivity contribution in [2.45, 2.75) is 71.9 Å². The molecule has 9 nitrogen and oxygen atoms in total. The summed E-state index contributed by atoms with van der Waals surface area (Å²) in [4.78, 5) is 59.7. The molecule has 0 heterocycles. The van der Waals surface area contributed by atoms with Crippen LogP contribution >= 0.6 is 0 Å². The van der Waals surface area contributed by atoms with Crippen molar-refractivity contribution in [3.8, 4) is 0 Å². The van der Waals surface area contributed by atoms with Crippen molar-refractivity contribution in [1.29, 1.82) is 0 Å². The molecule has 1 aromatic carbocycles. The maximum atomic E-state index is 12.5. The first-order valence-corrected chi connectivity index (χ1v) is 11.8. The van der Waals surface area contributed by atoms with E-state index in [2.05, 4.69) is 33.4 Å². The molecule has 188 valence electrons. The van der Waals surface area contributed by atoms with Gasteiger partial charge in [0, 0.05) is 13.3 Å². The molecule has 9 heteroatoms. The van der Waals surface area contributed by atoms with Gasteiger partial charge in [-0.1, -0.05) is 50.6 Å². The zero-order chi connectivity index (χ0) is 25.5. The van der Waals surface area contributed by atoms with E-state index in [0.29, 0.717) is 6.42 Å². The van der Waals surface area contributed by atoms with Crippen LogP contribution in [-0.2, 0) is 30.4 Å². The third-order valence-electron chi connectivity index (χ3n) is 5.23. The van der Waals surface area contributed by atoms with Gasteiger partial charge >= 0.3 is 0 Å². The van der Waals surface area contributed by atoms with Gasteiger partial charge in [0.2, 0.25) is 23.6 Å². The van der Waals surface area contributed by atoms with Crippen LogP contribution in [0.15, 0.2) is 30.3 Å². The monoisotopic (exact) mass is 474 g/mol. The first-order valence-electron chi connectivity index (χ1n) is 11.8. The van der Waals surface area contributed by atoms with Gasteiger partial charge < -0.3 is 21.3 Å². The quantitative estimate of drug-likeness (QED) is 0.284. The number of hydrogen-bond donors (Lipinski definition) is 4. The van der Waals surface area contributed by atoms with Gasteiger partial charge in [0.15, 0.2) is 5.78 Å². The van der Waals surface area contributed by atoms with Gasteiger partial charge in [0.25, 0.3) is 0 Å². The van der Waals surface area contributed by atoms with E-state index in [-0.39, 0.29) is 30.7 Å². The average Bonchev–Trinajstić information content (AvgIpc) is 2.79. The minimum absolute atomic E-state index is 0.0545. The number of carbonyl (C=O) groups excluding carboxylic acids is 5. The number of Topliss-reactive ketones (excluding diaryl/α,β-unsaturated/α-hetero) is 1. The third kappa shape index (κ3) is 12.1. The summed E-state index contributed by atoms with van der Waals surface area (Å²) in [5.74, 6) is -2.12. The highest BCUT2D eigenvalue weighted by atomic mass is 16.2. The molecule has 1 rings (SSSR count). The summed E-state index contributed by atoms with van der Waals surface area (Å²) in [6.07, 6.45) is 4.08. The highest BCUT2D eigenvalue weighted by Gasteiger charge is 2.25. The summed E-state index contributed by atoms with van der Waals surface area (Å²) >= 11 is 0. The third-order valence-corrected chi connectivity index (χ3v) is 5.23. The SMILES string of the molecule is CC(=O)N[C@@H](C)C(=O)NCC(=O)NC(C(=O)NCC(=O)CCCCCc1ccccc1)C(C)C. The van der Waals surface area contributed by atoms with E-state index in [9.17, 15) is 24.0 Å². The van der Waals surface area contributed by atoms with Crippen LogP contribution in [0.4, 0.5) is 0 Å². The number of unbranched alkanes of at least 4 members (excludes halogenated alkanes) is 2. The van der Waals surface area contributed by atoms with Crippen LogP contribution in [0.1, 0.15) is 58.9 Å². The lowest BCUT2D eigenvalue weighted by Gasteiger charge is -2.22. The number of hydrogen-bond acceptors (Lipinski definition) is 5. The highest BCUT2D eigenvalue weighted by Crippen LogP contribution is 2.08. The van der Waals surface area contributed by atoms with Crippen molar-refractivity contribution in [2.75, 3.05) is 13.1 Å². The lowest BCUT2D eigenvalue weighted by Crippen LogP contribution is -2.53. The molecular weight excluding hydrogens is 436 g/mol. The van der Waals surface area contributed by atoms with Crippen molar-refractivity contribution in [2.24, 2.45) is 5.92 Å². The van der Waals surface area contributed by atoms with Crippen LogP contribution in [0.3, 0.4) is 0 Å². The minimum Gasteiger partial charge on any atom is -0.347 e. The maximum Gasteiger partial charge on any atom is 0.243 e. The van der Waals surface area contributed by atoms with Crippen molar-refractivity contribution in [3.05, 3.63) is 35.9 Å². The molecule has 0 radical (unpaired) electrons. The average molecular weight is 475 g/mol. The number of aryl methyl sites for hydroxylation is 1. The van der Waals surface area contributed by atoms with Gasteiger partial charge in [-0.05, 0) is 37.7 Å². The summed E-state index contributed by atoms with van der Waals surface area (Å²) in [5, 5.41) is 10.0. The molecule has 0 spiro atoms. The van der Waals surface area contributed by atoms with E-state index in [4.69, 9.17) is 0 Å². The van der Waals surface area contributed by atoms with Crippen molar-refractivity contribution < 1.29 is 24.0 Å². The van der Waals surface area contributed by atoms with E-state index in [0.717, 1.165) is 25.7 Å². The lowest BCUT2D eigenvalue weighted by molar-refractivity contribution is -0.132. The molecule has 1 unspecified atom stereocenters. The fraction of sp³-hybridized carbons (Fsp3) is 0.560. The molecule has 0 aliphatic rings. The minimum atomic E-state index is -0.837. The molecule has 4 N–H and O–H groups in total. The Kier molecular flexibility index (Phi) is 13.2. The normalized spacial score (nSPS) is 12.4. The first kappa shape index (κ1) is 28.8. The van der Waals surface area contributed by atoms with Gasteiger partial charge in [-0.3, -0.25) is 24.0 Å². The lowest BCUT2D eigenvalue weighted by atomic mass is 10.0. The summed E-state index contributed by atoms with van der Waals surface area (Å²) < 4.78 is 0.